The van der Waals surface area contributed by atoms with Crippen molar-refractivity contribution in [1.29, 1.82) is 0 Å². The summed E-state index contributed by atoms with van der Waals surface area (Å²) in [5.41, 5.74) is -1.56. The second-order valence-corrected chi connectivity index (χ2v) is 12.3. The molecule has 0 radical (unpaired) electrons. The average molecular weight is 700 g/mol. The highest BCUT2D eigenvalue weighted by Crippen LogP contribution is 2.38. The fourth-order valence-electron chi connectivity index (χ4n) is 6.43. The predicted octanol–water partition coefficient (Wildman–Crippen LogP) is 7.38. The molecule has 17 heteroatoms. The van der Waals surface area contributed by atoms with Crippen molar-refractivity contribution in [2.75, 3.05) is 18.5 Å². The second-order valence-electron chi connectivity index (χ2n) is 12.3. The van der Waals surface area contributed by atoms with Crippen LogP contribution in [0.15, 0.2) is 43.0 Å². The summed E-state index contributed by atoms with van der Waals surface area (Å²) in [7, 11) is 3.56. The van der Waals surface area contributed by atoms with Gasteiger partial charge in [0.2, 0.25) is 5.95 Å². The van der Waals surface area contributed by atoms with Crippen LogP contribution in [0.2, 0.25) is 0 Å². The van der Waals surface area contributed by atoms with Crippen LogP contribution < -0.4 is 4.90 Å². The van der Waals surface area contributed by atoms with Gasteiger partial charge in [-0.15, -0.1) is 0 Å². The number of rotatable bonds is 7. The number of aryl methyl sites for hydroxylation is 1. The molecule has 2 N–H and O–H groups in total. The minimum atomic E-state index is -4.98. The molecular formula is C32H39F6N7O4. The number of hydrogen-bond donors (Lipinski definition) is 2. The Bertz CT molecular complexity index is 1540. The van der Waals surface area contributed by atoms with Gasteiger partial charge in [-0.05, 0) is 49.4 Å². The molecule has 11 nitrogen and oxygen atoms in total. The molecule has 2 aliphatic rings. The fourth-order valence-corrected chi connectivity index (χ4v) is 6.43. The number of alkyl halides is 6. The maximum atomic E-state index is 13.7. The molecule has 0 bridgehead atoms. The third kappa shape index (κ3) is 9.53. The van der Waals surface area contributed by atoms with E-state index in [-0.39, 0.29) is 48.8 Å². The molecule has 3 aromatic rings. The van der Waals surface area contributed by atoms with E-state index in [1.165, 1.54) is 0 Å². The molecule has 2 amide bonds. The minimum Gasteiger partial charge on any atom is -0.450 e. The fraction of sp³-hybridized carbons (Fsp3) is 0.531. The molecule has 2 aromatic heterocycles. The Balaban J connectivity index is 0.00000128. The van der Waals surface area contributed by atoms with Gasteiger partial charge in [0.25, 0.3) is 0 Å². The van der Waals surface area contributed by atoms with Crippen LogP contribution in [-0.4, -0.2) is 83.7 Å². The van der Waals surface area contributed by atoms with Gasteiger partial charge in [-0.3, -0.25) is 4.68 Å². The third-order valence-corrected chi connectivity index (χ3v) is 8.91. The smallest absolute Gasteiger partial charge is 0.450 e. The van der Waals surface area contributed by atoms with Crippen LogP contribution in [0.3, 0.4) is 0 Å². The van der Waals surface area contributed by atoms with Gasteiger partial charge in [-0.2, -0.15) is 31.4 Å². The highest BCUT2D eigenvalue weighted by Gasteiger charge is 2.41. The summed E-state index contributed by atoms with van der Waals surface area (Å²) in [4.78, 5) is 36.5. The van der Waals surface area contributed by atoms with Crippen LogP contribution in [0.5, 0.6) is 0 Å². The summed E-state index contributed by atoms with van der Waals surface area (Å²) >= 11 is 0. The molecule has 1 aliphatic heterocycles. The lowest BCUT2D eigenvalue weighted by molar-refractivity contribution is -0.143. The highest BCUT2D eigenvalue weighted by molar-refractivity contribution is 5.75. The Morgan fingerprint density at radius 1 is 0.898 bits per heavy atom. The zero-order valence-electron chi connectivity index (χ0n) is 27.2. The maximum absolute atomic E-state index is 13.7. The van der Waals surface area contributed by atoms with Crippen molar-refractivity contribution in [3.05, 3.63) is 59.7 Å². The van der Waals surface area contributed by atoms with Crippen LogP contribution >= 0.6 is 0 Å². The van der Waals surface area contributed by atoms with Crippen molar-refractivity contribution in [3.8, 4) is 11.1 Å². The molecule has 3 heterocycles. The number of halogens is 6. The Labute approximate surface area is 279 Å². The van der Waals surface area contributed by atoms with E-state index in [4.69, 9.17) is 15.0 Å². The third-order valence-electron chi connectivity index (χ3n) is 8.91. The van der Waals surface area contributed by atoms with E-state index in [1.807, 2.05) is 6.92 Å². The Morgan fingerprint density at radius 2 is 1.47 bits per heavy atom. The molecule has 0 unspecified atom stereocenters. The van der Waals surface area contributed by atoms with E-state index in [1.54, 1.807) is 58.3 Å². The number of likely N-dealkylation sites (tertiary alicyclic amines) is 1. The first-order valence-electron chi connectivity index (χ1n) is 15.8. The number of carbonyl (C=O) groups is 2. The molecule has 2 atom stereocenters. The standard InChI is InChI=1S/C31H37F6N7O.CH2O3/c1-4-25-13-27(19-44(25)29(45)42(3)26-8-6-5-7-9-26)43(28-38-14-21(15-39-28)22-16-40-41(2)18-22)17-20-10-23(30(32,33)34)12-24(11-20)31(35,36)37;2-1(3)4/h10-12,14-16,18,25-27H,4-9,13,17,19H2,1-3H3;(H2,2,3,4)/t25-,27+;/m1./s1. The lowest BCUT2D eigenvalue weighted by atomic mass is 9.95. The molecule has 0 spiro atoms. The summed E-state index contributed by atoms with van der Waals surface area (Å²) in [6.07, 6.45) is 0.910. The number of carboxylic acid groups (broad SMARTS) is 2. The van der Waals surface area contributed by atoms with Gasteiger partial charge in [-0.25, -0.2) is 19.6 Å². The van der Waals surface area contributed by atoms with Crippen molar-refractivity contribution in [2.45, 2.75) is 88.9 Å². The van der Waals surface area contributed by atoms with Gasteiger partial charge in [0.1, 0.15) is 0 Å². The lowest BCUT2D eigenvalue weighted by Crippen LogP contribution is -2.49. The molecule has 1 aliphatic carbocycles. The molecule has 1 saturated carbocycles. The number of hydrogen-bond acceptors (Lipinski definition) is 6. The first-order valence-corrected chi connectivity index (χ1v) is 15.8. The van der Waals surface area contributed by atoms with Gasteiger partial charge in [-0.1, -0.05) is 26.2 Å². The number of nitrogens with zero attached hydrogens (tertiary/aromatic N) is 7. The van der Waals surface area contributed by atoms with Crippen molar-refractivity contribution >= 4 is 18.1 Å². The van der Waals surface area contributed by atoms with Crippen LogP contribution in [0.1, 0.15) is 68.6 Å². The summed E-state index contributed by atoms with van der Waals surface area (Å²) < 4.78 is 83.9. The average Bonchev–Trinajstić information content (AvgIpc) is 3.68. The molecule has 1 saturated heterocycles. The van der Waals surface area contributed by atoms with E-state index in [9.17, 15) is 31.1 Å². The molecule has 5 rings (SSSR count). The van der Waals surface area contributed by atoms with Gasteiger partial charge in [0.15, 0.2) is 0 Å². The monoisotopic (exact) mass is 699 g/mol. The van der Waals surface area contributed by atoms with Crippen LogP contribution in [0, 0.1) is 0 Å². The number of urea groups is 1. The number of carbonyl (C=O) groups excluding carboxylic acids is 1. The van der Waals surface area contributed by atoms with Crippen molar-refractivity contribution in [3.63, 3.8) is 0 Å². The summed E-state index contributed by atoms with van der Waals surface area (Å²) in [5.74, 6) is 0.142. The number of amides is 2. The number of anilines is 1. The van der Waals surface area contributed by atoms with E-state index in [0.717, 1.165) is 49.8 Å². The normalized spacial score (nSPS) is 18.5. The SMILES string of the molecule is CC[C@@H]1C[C@H](N(Cc2cc(C(F)(F)F)cc(C(F)(F)F)c2)c2ncc(-c3cnn(C)c3)cn2)CN1C(=O)N(C)C1CCCCC1.O=C(O)O. The van der Waals surface area contributed by atoms with Gasteiger partial charge < -0.3 is 24.9 Å². The largest absolute Gasteiger partial charge is 0.503 e. The first kappa shape index (κ1) is 37.3. The highest BCUT2D eigenvalue weighted by atomic mass is 19.4. The van der Waals surface area contributed by atoms with E-state index < -0.39 is 35.7 Å². The number of benzene rings is 1. The van der Waals surface area contributed by atoms with Crippen LogP contribution in [0.25, 0.3) is 11.1 Å². The quantitative estimate of drug-likeness (QED) is 0.245. The Kier molecular flexibility index (Phi) is 11.7. The zero-order valence-corrected chi connectivity index (χ0v) is 27.2. The molecule has 1 aromatic carbocycles. The number of aromatic nitrogens is 4. The minimum absolute atomic E-state index is 0.122. The van der Waals surface area contributed by atoms with Gasteiger partial charge in [0, 0.05) is 69.0 Å². The molecule has 49 heavy (non-hydrogen) atoms. The van der Waals surface area contributed by atoms with Gasteiger partial charge in [0.05, 0.1) is 23.4 Å². The maximum Gasteiger partial charge on any atom is 0.503 e. The summed E-state index contributed by atoms with van der Waals surface area (Å²) in [6.45, 7) is 1.87. The zero-order chi connectivity index (χ0) is 36.1. The lowest BCUT2D eigenvalue weighted by Gasteiger charge is -2.36. The van der Waals surface area contributed by atoms with Crippen molar-refractivity contribution < 1.29 is 46.1 Å². The first-order chi connectivity index (χ1) is 23.0. The summed E-state index contributed by atoms with van der Waals surface area (Å²) in [5, 5.41) is 18.1. The Hall–Kier alpha value is -4.57. The second kappa shape index (κ2) is 15.3. The Morgan fingerprint density at radius 3 is 1.96 bits per heavy atom. The molecular weight excluding hydrogens is 660 g/mol. The van der Waals surface area contributed by atoms with Crippen LogP contribution in [-0.2, 0) is 25.9 Å². The molecule has 268 valence electrons. The van der Waals surface area contributed by atoms with Gasteiger partial charge >= 0.3 is 24.5 Å². The predicted molar refractivity (Wildman–Crippen MR) is 167 cm³/mol. The summed E-state index contributed by atoms with van der Waals surface area (Å²) in [6, 6.07) is 0.980. The van der Waals surface area contributed by atoms with Crippen molar-refractivity contribution in [2.24, 2.45) is 7.05 Å². The van der Waals surface area contributed by atoms with E-state index in [2.05, 4.69) is 15.1 Å². The van der Waals surface area contributed by atoms with Crippen LogP contribution in [0.4, 0.5) is 41.9 Å². The topological polar surface area (TPSA) is 128 Å². The van der Waals surface area contributed by atoms with Crippen molar-refractivity contribution in [1.82, 2.24) is 29.5 Å². The van der Waals surface area contributed by atoms with E-state index >= 15 is 0 Å². The molecule has 2 fully saturated rings. The van der Waals surface area contributed by atoms with E-state index in [0.29, 0.717) is 18.4 Å².